The zero-order chi connectivity index (χ0) is 40.6. The van der Waals surface area contributed by atoms with Crippen LogP contribution >= 0.6 is 0 Å². The van der Waals surface area contributed by atoms with Gasteiger partial charge in [0.1, 0.15) is 23.7 Å². The number of hydrogen-bond acceptors (Lipinski definition) is 7. The van der Waals surface area contributed by atoms with E-state index in [1.807, 2.05) is 81.1 Å². The number of likely N-dealkylation sites (tertiary alicyclic amines) is 2. The molecular formula is C43H52N8O6. The largest absolute Gasteiger partial charge is 0.465 e. The lowest BCUT2D eigenvalue weighted by Gasteiger charge is -2.37. The molecule has 0 bridgehead atoms. The van der Waals surface area contributed by atoms with E-state index in [1.54, 1.807) is 17.3 Å². The summed E-state index contributed by atoms with van der Waals surface area (Å²) < 4.78 is 4.77. The first-order valence-corrected chi connectivity index (χ1v) is 19.7. The Balaban J connectivity index is 1.09. The standard InChI is InChI=1S/C43H52N8O6/c1-26(2)36(48-42(54)55)40(52)50-22-8-6-10-34(50)38-44-24-32(46-38)30-18-14-28(15-19-30)12-13-29-16-20-31(21-17-29)33-25-45-39(47-33)35-11-7-9-23-51(35)41(53)37(27(3)4)49-43(56)57-5/h14-21,24-27,34-37,48H,6-11,22-23H2,1-5H3,(H,44,46)(H,45,47)(H,49,56)(H,54,55)/t34-,35-,36-,37-/m0/s1. The number of carbonyl (C=O) groups is 4. The molecule has 2 aromatic heterocycles. The summed E-state index contributed by atoms with van der Waals surface area (Å²) in [5.74, 6) is 7.21. The van der Waals surface area contributed by atoms with Crippen LogP contribution in [0.1, 0.15) is 101 Å². The van der Waals surface area contributed by atoms with E-state index >= 15 is 0 Å². The van der Waals surface area contributed by atoms with Crippen molar-refractivity contribution in [1.29, 1.82) is 0 Å². The van der Waals surface area contributed by atoms with Crippen molar-refractivity contribution < 1.29 is 29.0 Å². The van der Waals surface area contributed by atoms with Crippen molar-refractivity contribution >= 4 is 24.0 Å². The maximum absolute atomic E-state index is 13.6. The monoisotopic (exact) mass is 776 g/mol. The number of benzene rings is 2. The number of rotatable bonds is 10. The number of hydrogen-bond donors (Lipinski definition) is 5. The zero-order valence-electron chi connectivity index (χ0n) is 33.2. The predicted octanol–water partition coefficient (Wildman–Crippen LogP) is 6.65. The Morgan fingerprint density at radius 2 is 1.12 bits per heavy atom. The first kappa shape index (κ1) is 40.6. The van der Waals surface area contributed by atoms with Crippen LogP contribution in [-0.2, 0) is 14.3 Å². The fraction of sp³-hybridized carbons (Fsp3) is 0.442. The van der Waals surface area contributed by atoms with Gasteiger partial charge in [0, 0.05) is 24.2 Å². The van der Waals surface area contributed by atoms with Crippen molar-refractivity contribution in [3.8, 4) is 34.4 Å². The summed E-state index contributed by atoms with van der Waals surface area (Å²) in [6.45, 7) is 8.61. The third-order valence-electron chi connectivity index (χ3n) is 10.7. The normalized spacial score (nSPS) is 18.0. The number of imidazole rings is 2. The lowest BCUT2D eigenvalue weighted by atomic mass is 9.97. The molecule has 2 fully saturated rings. The quantitative estimate of drug-likeness (QED) is 0.111. The van der Waals surface area contributed by atoms with Gasteiger partial charge in [-0.3, -0.25) is 9.59 Å². The number of aromatic amines is 2. The molecule has 2 saturated heterocycles. The average molecular weight is 777 g/mol. The summed E-state index contributed by atoms with van der Waals surface area (Å²) in [6, 6.07) is 13.8. The second-order valence-electron chi connectivity index (χ2n) is 15.4. The second kappa shape index (κ2) is 18.2. The van der Waals surface area contributed by atoms with Crippen LogP contribution < -0.4 is 10.6 Å². The van der Waals surface area contributed by atoms with Crippen LogP contribution in [0.4, 0.5) is 9.59 Å². The number of alkyl carbamates (subject to hydrolysis) is 1. The van der Waals surface area contributed by atoms with Gasteiger partial charge in [-0.25, -0.2) is 19.6 Å². The van der Waals surface area contributed by atoms with Gasteiger partial charge in [0.25, 0.3) is 0 Å². The van der Waals surface area contributed by atoms with E-state index in [0.717, 1.165) is 72.2 Å². The number of carboxylic acid groups (broad SMARTS) is 1. The first-order chi connectivity index (χ1) is 27.4. The molecule has 4 heterocycles. The van der Waals surface area contributed by atoms with Crippen LogP contribution in [0.25, 0.3) is 22.5 Å². The maximum Gasteiger partial charge on any atom is 0.407 e. The smallest absolute Gasteiger partial charge is 0.407 e. The molecule has 4 atom stereocenters. The van der Waals surface area contributed by atoms with Crippen LogP contribution in [0.5, 0.6) is 0 Å². The molecule has 14 heteroatoms. The van der Waals surface area contributed by atoms with Gasteiger partial charge in [-0.05, 0) is 85.8 Å². The number of H-pyrrole nitrogens is 2. The molecule has 300 valence electrons. The third kappa shape index (κ3) is 9.65. The second-order valence-corrected chi connectivity index (χ2v) is 15.4. The van der Waals surface area contributed by atoms with E-state index in [9.17, 15) is 24.3 Å². The summed E-state index contributed by atoms with van der Waals surface area (Å²) in [7, 11) is 1.29. The van der Waals surface area contributed by atoms with Gasteiger partial charge < -0.3 is 40.2 Å². The number of aromatic nitrogens is 4. The molecule has 2 aliphatic heterocycles. The molecule has 0 unspecified atom stereocenters. The molecule has 5 N–H and O–H groups in total. The molecule has 14 nitrogen and oxygen atoms in total. The lowest BCUT2D eigenvalue weighted by molar-refractivity contribution is -0.139. The molecule has 0 radical (unpaired) electrons. The van der Waals surface area contributed by atoms with Crippen LogP contribution in [0.3, 0.4) is 0 Å². The highest BCUT2D eigenvalue weighted by molar-refractivity contribution is 5.87. The minimum absolute atomic E-state index is 0.112. The van der Waals surface area contributed by atoms with Gasteiger partial charge in [0.05, 0.1) is 43.0 Å². The van der Waals surface area contributed by atoms with E-state index in [0.29, 0.717) is 24.7 Å². The molecule has 4 aromatic rings. The Hall–Kier alpha value is -6.10. The van der Waals surface area contributed by atoms with Crippen molar-refractivity contribution in [1.82, 2.24) is 40.4 Å². The highest BCUT2D eigenvalue weighted by Gasteiger charge is 2.37. The number of nitrogens with zero attached hydrogens (tertiary/aromatic N) is 4. The van der Waals surface area contributed by atoms with Gasteiger partial charge in [-0.15, -0.1) is 0 Å². The molecule has 57 heavy (non-hydrogen) atoms. The Kier molecular flexibility index (Phi) is 13.0. The number of amides is 4. The Labute approximate surface area is 333 Å². The molecule has 0 spiro atoms. The van der Waals surface area contributed by atoms with Crippen molar-refractivity contribution in [2.75, 3.05) is 20.2 Å². The summed E-state index contributed by atoms with van der Waals surface area (Å²) >= 11 is 0. The highest BCUT2D eigenvalue weighted by atomic mass is 16.5. The van der Waals surface area contributed by atoms with Crippen LogP contribution in [0, 0.1) is 23.7 Å². The molecule has 2 aromatic carbocycles. The average Bonchev–Trinajstić information content (AvgIpc) is 3.92. The molecule has 4 amide bonds. The van der Waals surface area contributed by atoms with Gasteiger partial charge >= 0.3 is 12.2 Å². The fourth-order valence-corrected chi connectivity index (χ4v) is 7.58. The van der Waals surface area contributed by atoms with Crippen molar-refractivity contribution in [2.24, 2.45) is 11.8 Å². The van der Waals surface area contributed by atoms with Crippen molar-refractivity contribution in [3.63, 3.8) is 0 Å². The first-order valence-electron chi connectivity index (χ1n) is 19.7. The van der Waals surface area contributed by atoms with Crippen molar-refractivity contribution in [3.05, 3.63) is 83.7 Å². The minimum atomic E-state index is -1.21. The van der Waals surface area contributed by atoms with Crippen LogP contribution in [0.2, 0.25) is 0 Å². The summed E-state index contributed by atoms with van der Waals surface area (Å²) in [5.41, 5.74) is 5.24. The minimum Gasteiger partial charge on any atom is -0.465 e. The Morgan fingerprint density at radius 3 is 1.51 bits per heavy atom. The summed E-state index contributed by atoms with van der Waals surface area (Å²) in [6.07, 6.45) is 6.90. The molecule has 2 aliphatic rings. The SMILES string of the molecule is COC(=O)N[C@H](C(=O)N1CCCC[C@H]1c1ncc(-c2ccc(C#Cc3ccc(-c4cnc([C@@H]5CCCCN5C(=O)[C@@H](NC(=O)O)C(C)C)[nH]4)cc3)cc2)[nH]1)C(C)C. The topological polar surface area (TPSA) is 186 Å². The zero-order valence-corrected chi connectivity index (χ0v) is 33.2. The predicted molar refractivity (Wildman–Crippen MR) is 215 cm³/mol. The number of nitrogens with one attached hydrogen (secondary N) is 4. The molecule has 0 aliphatic carbocycles. The third-order valence-corrected chi connectivity index (χ3v) is 10.7. The lowest BCUT2D eigenvalue weighted by Crippen LogP contribution is -2.53. The summed E-state index contributed by atoms with van der Waals surface area (Å²) in [5, 5.41) is 14.4. The molecule has 6 rings (SSSR count). The number of ether oxygens (including phenoxy) is 1. The highest BCUT2D eigenvalue weighted by Crippen LogP contribution is 2.33. The van der Waals surface area contributed by atoms with Crippen LogP contribution in [0.15, 0.2) is 60.9 Å². The molecule has 0 saturated carbocycles. The molecular weight excluding hydrogens is 725 g/mol. The van der Waals surface area contributed by atoms with Gasteiger partial charge in [-0.1, -0.05) is 63.8 Å². The van der Waals surface area contributed by atoms with Gasteiger partial charge in [-0.2, -0.15) is 0 Å². The Morgan fingerprint density at radius 1 is 0.702 bits per heavy atom. The maximum atomic E-state index is 13.6. The van der Waals surface area contributed by atoms with E-state index < -0.39 is 24.3 Å². The summed E-state index contributed by atoms with van der Waals surface area (Å²) in [4.78, 5) is 70.3. The van der Waals surface area contributed by atoms with E-state index in [4.69, 9.17) is 4.74 Å². The van der Waals surface area contributed by atoms with E-state index in [1.165, 1.54) is 7.11 Å². The number of methoxy groups -OCH3 is 1. The van der Waals surface area contributed by atoms with E-state index in [2.05, 4.69) is 42.4 Å². The number of carbonyl (C=O) groups excluding carboxylic acids is 3. The van der Waals surface area contributed by atoms with Crippen molar-refractivity contribution in [2.45, 2.75) is 90.4 Å². The van der Waals surface area contributed by atoms with Gasteiger partial charge in [0.15, 0.2) is 0 Å². The van der Waals surface area contributed by atoms with Gasteiger partial charge in [0.2, 0.25) is 11.8 Å². The fourth-order valence-electron chi connectivity index (χ4n) is 7.58. The Bertz CT molecular complexity index is 2090. The van der Waals surface area contributed by atoms with E-state index in [-0.39, 0.29) is 35.7 Å². The number of piperidine rings is 2. The van der Waals surface area contributed by atoms with Crippen LogP contribution in [-0.4, -0.2) is 91.1 Å².